The Morgan fingerprint density at radius 3 is 2.52 bits per heavy atom. The highest BCUT2D eigenvalue weighted by molar-refractivity contribution is 7.90. The normalized spacial score (nSPS) is 21.8. The minimum atomic E-state index is -3.04. The van der Waals surface area contributed by atoms with E-state index in [4.69, 9.17) is 0 Å². The number of nitrogens with zero attached hydrogens (tertiary/aromatic N) is 3. The molecule has 0 bridgehead atoms. The third-order valence-corrected chi connectivity index (χ3v) is 6.94. The molecule has 0 aromatic carbocycles. The van der Waals surface area contributed by atoms with E-state index in [-0.39, 0.29) is 11.3 Å². The molecule has 5 nitrogen and oxygen atoms in total. The third kappa shape index (κ3) is 3.44. The second kappa shape index (κ2) is 6.02. The lowest BCUT2D eigenvalue weighted by atomic mass is 10.1. The molecule has 1 aromatic rings. The summed E-state index contributed by atoms with van der Waals surface area (Å²) in [6, 6.07) is 6.13. The molecule has 1 saturated heterocycles. The zero-order valence-corrected chi connectivity index (χ0v) is 13.3. The molecule has 0 N–H and O–H groups in total. The lowest BCUT2D eigenvalue weighted by Crippen LogP contribution is -2.46. The molecule has 2 heterocycles. The van der Waals surface area contributed by atoms with Gasteiger partial charge in [-0.05, 0) is 37.8 Å². The van der Waals surface area contributed by atoms with Gasteiger partial charge in [0, 0.05) is 38.9 Å². The van der Waals surface area contributed by atoms with Crippen LogP contribution in [-0.2, 0) is 16.6 Å². The van der Waals surface area contributed by atoms with Gasteiger partial charge in [0.1, 0.15) is 0 Å². The summed E-state index contributed by atoms with van der Waals surface area (Å²) in [5.41, 5.74) is 1.08. The molecule has 1 aliphatic carbocycles. The first-order valence-corrected chi connectivity index (χ1v) is 9.17. The molecule has 2 aliphatic rings. The fourth-order valence-corrected chi connectivity index (χ4v) is 4.80. The quantitative estimate of drug-likeness (QED) is 0.826. The SMILES string of the molecule is CN(C1CCN(Cc2ccccn2)CC1)S(=O)(=O)C1CC1. The predicted molar refractivity (Wildman–Crippen MR) is 82.2 cm³/mol. The minimum Gasteiger partial charge on any atom is -0.297 e. The number of rotatable bonds is 5. The molecule has 2 fully saturated rings. The fourth-order valence-electron chi connectivity index (χ4n) is 2.97. The Hall–Kier alpha value is -0.980. The van der Waals surface area contributed by atoms with E-state index < -0.39 is 10.0 Å². The molecule has 0 radical (unpaired) electrons. The maximum atomic E-state index is 12.3. The molecule has 0 amide bonds. The van der Waals surface area contributed by atoms with Crippen molar-refractivity contribution in [3.05, 3.63) is 30.1 Å². The molecule has 21 heavy (non-hydrogen) atoms. The van der Waals surface area contributed by atoms with Gasteiger partial charge in [0.05, 0.1) is 10.9 Å². The zero-order chi connectivity index (χ0) is 14.9. The highest BCUT2D eigenvalue weighted by Gasteiger charge is 2.41. The number of sulfonamides is 1. The molecular formula is C15H23N3O2S. The zero-order valence-electron chi connectivity index (χ0n) is 12.5. The molecule has 0 atom stereocenters. The molecular weight excluding hydrogens is 286 g/mol. The van der Waals surface area contributed by atoms with Crippen molar-refractivity contribution in [1.82, 2.24) is 14.2 Å². The minimum absolute atomic E-state index is 0.103. The van der Waals surface area contributed by atoms with E-state index in [0.717, 1.165) is 51.0 Å². The van der Waals surface area contributed by atoms with Crippen LogP contribution in [0.15, 0.2) is 24.4 Å². The third-order valence-electron chi connectivity index (χ3n) is 4.53. The van der Waals surface area contributed by atoms with Crippen molar-refractivity contribution in [2.24, 2.45) is 0 Å². The average molecular weight is 309 g/mol. The van der Waals surface area contributed by atoms with Crippen LogP contribution < -0.4 is 0 Å². The molecule has 6 heteroatoms. The summed E-state index contributed by atoms with van der Waals surface area (Å²) >= 11 is 0. The molecule has 3 rings (SSSR count). The Bertz CT molecular complexity index is 564. The highest BCUT2D eigenvalue weighted by Crippen LogP contribution is 2.32. The van der Waals surface area contributed by atoms with Crippen LogP contribution in [0.25, 0.3) is 0 Å². The van der Waals surface area contributed by atoms with E-state index in [1.807, 2.05) is 24.4 Å². The number of pyridine rings is 1. The van der Waals surface area contributed by atoms with Gasteiger partial charge in [-0.2, -0.15) is 0 Å². The van der Waals surface area contributed by atoms with Gasteiger partial charge in [0.2, 0.25) is 10.0 Å². The van der Waals surface area contributed by atoms with E-state index in [1.165, 1.54) is 0 Å². The number of aromatic nitrogens is 1. The topological polar surface area (TPSA) is 53.5 Å². The van der Waals surface area contributed by atoms with Gasteiger partial charge in [-0.1, -0.05) is 6.07 Å². The van der Waals surface area contributed by atoms with Gasteiger partial charge >= 0.3 is 0 Å². The number of hydrogen-bond acceptors (Lipinski definition) is 4. The van der Waals surface area contributed by atoms with Crippen LogP contribution in [0, 0.1) is 0 Å². The molecule has 1 aliphatic heterocycles. The number of piperidine rings is 1. The second-order valence-electron chi connectivity index (χ2n) is 6.09. The Morgan fingerprint density at radius 1 is 1.24 bits per heavy atom. The van der Waals surface area contributed by atoms with Gasteiger partial charge < -0.3 is 0 Å². The lowest BCUT2D eigenvalue weighted by molar-refractivity contribution is 0.162. The van der Waals surface area contributed by atoms with Crippen molar-refractivity contribution in [2.75, 3.05) is 20.1 Å². The van der Waals surface area contributed by atoms with Gasteiger partial charge in [0.15, 0.2) is 0 Å². The second-order valence-corrected chi connectivity index (χ2v) is 8.36. The summed E-state index contributed by atoms with van der Waals surface area (Å²) < 4.78 is 26.2. The van der Waals surface area contributed by atoms with E-state index in [2.05, 4.69) is 9.88 Å². The molecule has 0 unspecified atom stereocenters. The summed E-state index contributed by atoms with van der Waals surface area (Å²) in [5, 5.41) is -0.103. The van der Waals surface area contributed by atoms with Crippen LogP contribution in [0.5, 0.6) is 0 Å². The van der Waals surface area contributed by atoms with Gasteiger partial charge in [0.25, 0.3) is 0 Å². The fraction of sp³-hybridized carbons (Fsp3) is 0.667. The summed E-state index contributed by atoms with van der Waals surface area (Å²) in [4.78, 5) is 6.71. The van der Waals surface area contributed by atoms with E-state index >= 15 is 0 Å². The summed E-state index contributed by atoms with van der Waals surface area (Å²) in [6.07, 6.45) is 5.32. The molecule has 116 valence electrons. The largest absolute Gasteiger partial charge is 0.297 e. The maximum absolute atomic E-state index is 12.3. The predicted octanol–water partition coefficient (Wildman–Crippen LogP) is 1.47. The van der Waals surface area contributed by atoms with E-state index in [0.29, 0.717) is 0 Å². The summed E-state index contributed by atoms with van der Waals surface area (Å²) in [7, 11) is -1.28. The van der Waals surface area contributed by atoms with Crippen molar-refractivity contribution >= 4 is 10.0 Å². The summed E-state index contributed by atoms with van der Waals surface area (Å²) in [6.45, 7) is 2.73. The highest BCUT2D eigenvalue weighted by atomic mass is 32.2. The van der Waals surface area contributed by atoms with Crippen molar-refractivity contribution in [3.8, 4) is 0 Å². The van der Waals surface area contributed by atoms with Crippen molar-refractivity contribution in [3.63, 3.8) is 0 Å². The van der Waals surface area contributed by atoms with Crippen LogP contribution in [0.1, 0.15) is 31.4 Å². The van der Waals surface area contributed by atoms with Crippen LogP contribution >= 0.6 is 0 Å². The first kappa shape index (κ1) is 14.9. The summed E-state index contributed by atoms with van der Waals surface area (Å²) in [5.74, 6) is 0. The Balaban J connectivity index is 1.53. The Labute approximate surface area is 127 Å². The molecule has 1 saturated carbocycles. The smallest absolute Gasteiger partial charge is 0.216 e. The Kier molecular flexibility index (Phi) is 4.28. The van der Waals surface area contributed by atoms with Crippen molar-refractivity contribution in [1.29, 1.82) is 0 Å². The Morgan fingerprint density at radius 2 is 1.95 bits per heavy atom. The van der Waals surface area contributed by atoms with Crippen LogP contribution in [0.4, 0.5) is 0 Å². The monoisotopic (exact) mass is 309 g/mol. The molecule has 1 aromatic heterocycles. The van der Waals surface area contributed by atoms with E-state index in [1.54, 1.807) is 11.4 Å². The average Bonchev–Trinajstić information content (AvgIpc) is 3.33. The first-order valence-electron chi connectivity index (χ1n) is 7.66. The van der Waals surface area contributed by atoms with Crippen molar-refractivity contribution < 1.29 is 8.42 Å². The standard InChI is InChI=1S/C15H23N3O2S/c1-17(21(19,20)15-5-6-15)14-7-10-18(11-8-14)12-13-4-2-3-9-16-13/h2-4,9,14-15H,5-8,10-12H2,1H3. The van der Waals surface area contributed by atoms with Crippen molar-refractivity contribution in [2.45, 2.75) is 43.5 Å². The number of likely N-dealkylation sites (tertiary alicyclic amines) is 1. The van der Waals surface area contributed by atoms with Crippen LogP contribution in [0.3, 0.4) is 0 Å². The molecule has 0 spiro atoms. The van der Waals surface area contributed by atoms with Gasteiger partial charge in [-0.15, -0.1) is 0 Å². The van der Waals surface area contributed by atoms with Gasteiger partial charge in [-0.25, -0.2) is 12.7 Å². The van der Waals surface area contributed by atoms with E-state index in [9.17, 15) is 8.42 Å². The van der Waals surface area contributed by atoms with Crippen LogP contribution in [-0.4, -0.2) is 54.0 Å². The lowest BCUT2D eigenvalue weighted by Gasteiger charge is -2.36. The van der Waals surface area contributed by atoms with Gasteiger partial charge in [-0.3, -0.25) is 9.88 Å². The first-order chi connectivity index (χ1) is 10.1. The number of hydrogen-bond donors (Lipinski definition) is 0. The maximum Gasteiger partial charge on any atom is 0.216 e. The van der Waals surface area contributed by atoms with Crippen LogP contribution in [0.2, 0.25) is 0 Å².